The summed E-state index contributed by atoms with van der Waals surface area (Å²) >= 11 is 5.67. The smallest absolute Gasteiger partial charge is 0.311 e. The third kappa shape index (κ3) is 2.70. The van der Waals surface area contributed by atoms with E-state index in [1.165, 1.54) is 0 Å². The first-order valence-electron chi connectivity index (χ1n) is 3.77. The van der Waals surface area contributed by atoms with Gasteiger partial charge in [0, 0.05) is 5.38 Å². The third-order valence-corrected chi connectivity index (χ3v) is 1.90. The first kappa shape index (κ1) is 8.85. The second kappa shape index (κ2) is 2.67. The fourth-order valence-electron chi connectivity index (χ4n) is 0.785. The number of ether oxygens (including phenoxy) is 1. The molecule has 11 heavy (non-hydrogen) atoms. The van der Waals surface area contributed by atoms with Gasteiger partial charge in [-0.05, 0) is 27.2 Å². The molecule has 0 amide bonds. The summed E-state index contributed by atoms with van der Waals surface area (Å²) < 4.78 is 5.11. The summed E-state index contributed by atoms with van der Waals surface area (Å²) in [5.41, 5.74) is -0.379. The van der Waals surface area contributed by atoms with Crippen molar-refractivity contribution >= 4 is 17.6 Å². The molecule has 0 aromatic heterocycles. The van der Waals surface area contributed by atoms with Crippen LogP contribution in [-0.2, 0) is 9.53 Å². The van der Waals surface area contributed by atoms with E-state index in [1.54, 1.807) is 0 Å². The van der Waals surface area contributed by atoms with E-state index in [0.717, 1.165) is 6.42 Å². The van der Waals surface area contributed by atoms with Gasteiger partial charge in [-0.1, -0.05) is 0 Å². The summed E-state index contributed by atoms with van der Waals surface area (Å²) in [6, 6.07) is 0. The lowest BCUT2D eigenvalue weighted by molar-refractivity contribution is -0.156. The van der Waals surface area contributed by atoms with Crippen molar-refractivity contribution in [1.82, 2.24) is 0 Å². The number of rotatable bonds is 1. The normalized spacial score (nSPS) is 29.8. The van der Waals surface area contributed by atoms with Crippen LogP contribution < -0.4 is 0 Å². The van der Waals surface area contributed by atoms with Crippen LogP contribution in [0.5, 0.6) is 0 Å². The first-order valence-corrected chi connectivity index (χ1v) is 4.21. The van der Waals surface area contributed by atoms with Gasteiger partial charge in [0.05, 0.1) is 5.92 Å². The Balaban J connectivity index is 2.33. The van der Waals surface area contributed by atoms with E-state index in [4.69, 9.17) is 16.3 Å². The molecular formula is C8H13ClO2. The van der Waals surface area contributed by atoms with Crippen LogP contribution in [0.2, 0.25) is 0 Å². The minimum absolute atomic E-state index is 0.0184. The van der Waals surface area contributed by atoms with Crippen LogP contribution in [-0.4, -0.2) is 16.9 Å². The highest BCUT2D eigenvalue weighted by Crippen LogP contribution is 2.37. The van der Waals surface area contributed by atoms with Gasteiger partial charge in [-0.25, -0.2) is 0 Å². The van der Waals surface area contributed by atoms with Crippen molar-refractivity contribution in [2.75, 3.05) is 0 Å². The van der Waals surface area contributed by atoms with Crippen molar-refractivity contribution in [2.24, 2.45) is 5.92 Å². The summed E-state index contributed by atoms with van der Waals surface area (Å²) in [4.78, 5) is 11.1. The number of carbonyl (C=O) groups is 1. The van der Waals surface area contributed by atoms with Gasteiger partial charge >= 0.3 is 5.97 Å². The van der Waals surface area contributed by atoms with E-state index in [9.17, 15) is 4.79 Å². The average Bonchev–Trinajstić information content (AvgIpc) is 2.41. The minimum Gasteiger partial charge on any atom is -0.460 e. The first-order chi connectivity index (χ1) is 4.90. The van der Waals surface area contributed by atoms with E-state index < -0.39 is 0 Å². The zero-order valence-electron chi connectivity index (χ0n) is 7.06. The van der Waals surface area contributed by atoms with Crippen molar-refractivity contribution < 1.29 is 9.53 Å². The van der Waals surface area contributed by atoms with Gasteiger partial charge in [0.2, 0.25) is 0 Å². The van der Waals surface area contributed by atoms with Crippen molar-refractivity contribution in [3.63, 3.8) is 0 Å². The van der Waals surface area contributed by atoms with Crippen molar-refractivity contribution in [1.29, 1.82) is 0 Å². The number of carbonyl (C=O) groups excluding carboxylic acids is 1. The highest BCUT2D eigenvalue weighted by molar-refractivity contribution is 6.24. The molecule has 2 nitrogen and oxygen atoms in total. The van der Waals surface area contributed by atoms with Gasteiger partial charge in [0.15, 0.2) is 0 Å². The highest BCUT2D eigenvalue weighted by atomic mass is 35.5. The number of alkyl halides is 1. The van der Waals surface area contributed by atoms with E-state index in [1.807, 2.05) is 20.8 Å². The molecule has 0 aliphatic heterocycles. The SMILES string of the molecule is CC(C)(C)OC(=O)C1CC1Cl. The predicted octanol–water partition coefficient (Wildman–Crippen LogP) is 1.96. The van der Waals surface area contributed by atoms with Crippen molar-refractivity contribution in [3.05, 3.63) is 0 Å². The van der Waals surface area contributed by atoms with E-state index >= 15 is 0 Å². The Morgan fingerprint density at radius 2 is 2.00 bits per heavy atom. The molecule has 1 aliphatic rings. The molecule has 0 heterocycles. The lowest BCUT2D eigenvalue weighted by Crippen LogP contribution is -2.25. The third-order valence-electron chi connectivity index (χ3n) is 1.42. The zero-order chi connectivity index (χ0) is 8.65. The van der Waals surface area contributed by atoms with Crippen molar-refractivity contribution in [3.8, 4) is 0 Å². The molecule has 1 saturated carbocycles. The molecule has 2 atom stereocenters. The molecule has 0 saturated heterocycles. The molecule has 0 radical (unpaired) electrons. The monoisotopic (exact) mass is 176 g/mol. The molecule has 1 rings (SSSR count). The topological polar surface area (TPSA) is 26.3 Å². The van der Waals surface area contributed by atoms with Gasteiger partial charge in [-0.3, -0.25) is 4.79 Å². The minimum atomic E-state index is -0.379. The van der Waals surface area contributed by atoms with Crippen LogP contribution in [0.1, 0.15) is 27.2 Å². The largest absolute Gasteiger partial charge is 0.460 e. The predicted molar refractivity (Wildman–Crippen MR) is 43.6 cm³/mol. The number of hydrogen-bond acceptors (Lipinski definition) is 2. The number of halogens is 1. The maximum absolute atomic E-state index is 11.1. The molecule has 0 N–H and O–H groups in total. The number of esters is 1. The summed E-state index contributed by atoms with van der Waals surface area (Å²) in [5, 5.41) is 0.0184. The average molecular weight is 177 g/mol. The molecule has 2 unspecified atom stereocenters. The van der Waals surface area contributed by atoms with Gasteiger partial charge in [-0.15, -0.1) is 11.6 Å². The van der Waals surface area contributed by atoms with E-state index in [-0.39, 0.29) is 22.9 Å². The van der Waals surface area contributed by atoms with Crippen LogP contribution in [0, 0.1) is 5.92 Å². The highest BCUT2D eigenvalue weighted by Gasteiger charge is 2.44. The second-order valence-electron chi connectivity index (χ2n) is 3.89. The fourth-order valence-corrected chi connectivity index (χ4v) is 1.08. The Morgan fingerprint density at radius 1 is 1.55 bits per heavy atom. The van der Waals surface area contributed by atoms with Gasteiger partial charge in [0.1, 0.15) is 5.60 Å². The lowest BCUT2D eigenvalue weighted by Gasteiger charge is -2.19. The standard InChI is InChI=1S/C8H13ClO2/c1-8(2,3)11-7(10)5-4-6(5)9/h5-6H,4H2,1-3H3. The van der Waals surface area contributed by atoms with Crippen molar-refractivity contribution in [2.45, 2.75) is 38.2 Å². The quantitative estimate of drug-likeness (QED) is 0.451. The Morgan fingerprint density at radius 3 is 2.27 bits per heavy atom. The van der Waals surface area contributed by atoms with Crippen LogP contribution in [0.25, 0.3) is 0 Å². The molecule has 0 spiro atoms. The van der Waals surface area contributed by atoms with E-state index in [2.05, 4.69) is 0 Å². The fraction of sp³-hybridized carbons (Fsp3) is 0.875. The van der Waals surface area contributed by atoms with Gasteiger partial charge in [0.25, 0.3) is 0 Å². The van der Waals surface area contributed by atoms with Gasteiger partial charge < -0.3 is 4.74 Å². The lowest BCUT2D eigenvalue weighted by atomic mass is 10.2. The second-order valence-corrected chi connectivity index (χ2v) is 4.45. The van der Waals surface area contributed by atoms with E-state index in [0.29, 0.717) is 0 Å². The Kier molecular flexibility index (Phi) is 2.15. The maximum Gasteiger partial charge on any atom is 0.311 e. The van der Waals surface area contributed by atoms with Crippen LogP contribution in [0.4, 0.5) is 0 Å². The summed E-state index contributed by atoms with van der Waals surface area (Å²) in [7, 11) is 0. The summed E-state index contributed by atoms with van der Waals surface area (Å²) in [6.45, 7) is 5.57. The molecule has 0 aromatic rings. The molecule has 1 aliphatic carbocycles. The molecule has 64 valence electrons. The van der Waals surface area contributed by atoms with Crippen LogP contribution >= 0.6 is 11.6 Å². The van der Waals surface area contributed by atoms with Crippen LogP contribution in [0.15, 0.2) is 0 Å². The Hall–Kier alpha value is -0.240. The summed E-state index contributed by atoms with van der Waals surface area (Å²) in [6.07, 6.45) is 0.774. The maximum atomic E-state index is 11.1. The molecule has 0 aromatic carbocycles. The number of hydrogen-bond donors (Lipinski definition) is 0. The Bertz CT molecular complexity index is 171. The molecule has 1 fully saturated rings. The summed E-state index contributed by atoms with van der Waals surface area (Å²) in [5.74, 6) is -0.201. The molecular weight excluding hydrogens is 164 g/mol. The van der Waals surface area contributed by atoms with Gasteiger partial charge in [-0.2, -0.15) is 0 Å². The van der Waals surface area contributed by atoms with Crippen LogP contribution in [0.3, 0.4) is 0 Å². The molecule has 3 heteroatoms. The zero-order valence-corrected chi connectivity index (χ0v) is 7.81. The Labute approximate surface area is 71.9 Å². The molecule has 0 bridgehead atoms.